The molecule has 0 spiro atoms. The molecule has 1 aromatic rings. The van der Waals surface area contributed by atoms with Gasteiger partial charge in [0.05, 0.1) is 7.05 Å². The van der Waals surface area contributed by atoms with Crippen LogP contribution < -0.4 is 9.67 Å². The van der Waals surface area contributed by atoms with E-state index in [0.717, 1.165) is 0 Å². The third kappa shape index (κ3) is 3.58. The summed E-state index contributed by atoms with van der Waals surface area (Å²) in [6.45, 7) is 11.0. The van der Waals surface area contributed by atoms with Crippen LogP contribution >= 0.6 is 0 Å². The fourth-order valence-corrected chi connectivity index (χ4v) is 1.56. The number of carboxylic acid groups (broad SMARTS) is 1. The van der Waals surface area contributed by atoms with Crippen LogP contribution in [0.5, 0.6) is 0 Å². The fraction of sp³-hybridized carbons (Fsp3) is 0.692. The molecule has 0 radical (unpaired) electrons. The Morgan fingerprint density at radius 2 is 1.82 bits per heavy atom. The molecule has 0 saturated heterocycles. The molecule has 0 aliphatic rings. The number of nitrogens with zero attached hydrogens (tertiary/aromatic N) is 2. The highest BCUT2D eigenvalue weighted by molar-refractivity contribution is 5.29. The van der Waals surface area contributed by atoms with Gasteiger partial charge in [0.25, 0.3) is 0 Å². The van der Waals surface area contributed by atoms with Gasteiger partial charge >= 0.3 is 0 Å². The zero-order valence-electron chi connectivity index (χ0n) is 11.7. The van der Waals surface area contributed by atoms with Crippen LogP contribution in [0.4, 0.5) is 0 Å². The van der Waals surface area contributed by atoms with E-state index in [2.05, 4.69) is 69.5 Å². The highest BCUT2D eigenvalue weighted by Gasteiger charge is 2.40. The number of hydrogen-bond acceptors (Lipinski definition) is 2. The summed E-state index contributed by atoms with van der Waals surface area (Å²) in [5.74, 6) is 0. The Morgan fingerprint density at radius 1 is 1.35 bits per heavy atom. The zero-order valence-corrected chi connectivity index (χ0v) is 11.7. The highest BCUT2D eigenvalue weighted by Crippen LogP contribution is 2.39. The van der Waals surface area contributed by atoms with Gasteiger partial charge in [0.2, 0.25) is 6.33 Å². The summed E-state index contributed by atoms with van der Waals surface area (Å²) in [4.78, 5) is 8.25. The van der Waals surface area contributed by atoms with Crippen molar-refractivity contribution in [3.05, 3.63) is 18.7 Å². The van der Waals surface area contributed by atoms with Gasteiger partial charge < -0.3 is 9.90 Å². The molecule has 98 valence electrons. The summed E-state index contributed by atoms with van der Waals surface area (Å²) in [7, 11) is 2.06. The zero-order chi connectivity index (χ0) is 13.7. The van der Waals surface area contributed by atoms with Gasteiger partial charge in [-0.2, -0.15) is 0 Å². The maximum atomic E-state index is 8.25. The Labute approximate surface area is 104 Å². The van der Waals surface area contributed by atoms with Crippen LogP contribution in [0, 0.1) is 5.41 Å². The van der Waals surface area contributed by atoms with Crippen molar-refractivity contribution in [1.29, 1.82) is 0 Å². The normalized spacial score (nSPS) is 11.6. The molecular formula is C13H24N2O2. The molecular weight excluding hydrogens is 216 g/mol. The highest BCUT2D eigenvalue weighted by atomic mass is 16.3. The van der Waals surface area contributed by atoms with E-state index in [0.29, 0.717) is 5.41 Å². The van der Waals surface area contributed by atoms with Gasteiger partial charge in [0.15, 0.2) is 0 Å². The van der Waals surface area contributed by atoms with Crippen molar-refractivity contribution in [3.8, 4) is 0 Å². The lowest BCUT2D eigenvalue weighted by Gasteiger charge is -2.38. The minimum Gasteiger partial charge on any atom is -0.554 e. The number of hydrogen-bond donors (Lipinski definition) is 0. The molecule has 1 aromatic heterocycles. The van der Waals surface area contributed by atoms with Crippen molar-refractivity contribution in [1.82, 2.24) is 4.57 Å². The predicted octanol–water partition coefficient (Wildman–Crippen LogP) is 0.850. The molecule has 0 aliphatic heterocycles. The second-order valence-corrected chi connectivity index (χ2v) is 5.38. The molecule has 0 fully saturated rings. The standard InChI is InChI=1S/C12H23N2.CH2O2/c1-7-11(2,3)12(4,5)14-9-8-13(6)10-14;2-1-3/h8-10H,7H2,1-6H3;1H,(H,2,3)/q+1;/p-1. The molecule has 0 unspecified atom stereocenters. The summed E-state index contributed by atoms with van der Waals surface area (Å²) < 4.78 is 4.39. The van der Waals surface area contributed by atoms with Gasteiger partial charge in [-0.05, 0) is 20.3 Å². The molecule has 0 aromatic carbocycles. The summed E-state index contributed by atoms with van der Waals surface area (Å²) in [5, 5.41) is 8.25. The smallest absolute Gasteiger partial charge is 0.243 e. The molecule has 0 atom stereocenters. The van der Waals surface area contributed by atoms with Crippen LogP contribution in [0.3, 0.4) is 0 Å². The monoisotopic (exact) mass is 240 g/mol. The van der Waals surface area contributed by atoms with E-state index < -0.39 is 6.47 Å². The lowest BCUT2D eigenvalue weighted by molar-refractivity contribution is -0.671. The minimum atomic E-state index is -0.500. The number of carbonyl (C=O) groups excluding carboxylic acids is 1. The van der Waals surface area contributed by atoms with E-state index in [1.165, 1.54) is 6.42 Å². The maximum Gasteiger partial charge on any atom is 0.243 e. The van der Waals surface area contributed by atoms with E-state index >= 15 is 0 Å². The van der Waals surface area contributed by atoms with Gasteiger partial charge in [0.1, 0.15) is 17.9 Å². The second kappa shape index (κ2) is 5.84. The van der Waals surface area contributed by atoms with Crippen LogP contribution in [0.15, 0.2) is 18.7 Å². The van der Waals surface area contributed by atoms with Crippen LogP contribution in [-0.2, 0) is 17.4 Å². The molecule has 0 aliphatic carbocycles. The number of aromatic nitrogens is 2. The van der Waals surface area contributed by atoms with Gasteiger partial charge in [-0.1, -0.05) is 20.8 Å². The van der Waals surface area contributed by atoms with E-state index in [1.54, 1.807) is 0 Å². The summed E-state index contributed by atoms with van der Waals surface area (Å²) >= 11 is 0. The second-order valence-electron chi connectivity index (χ2n) is 5.38. The quantitative estimate of drug-likeness (QED) is 0.581. The van der Waals surface area contributed by atoms with Crippen LogP contribution in [0.2, 0.25) is 0 Å². The van der Waals surface area contributed by atoms with Gasteiger partial charge in [-0.3, -0.25) is 0 Å². The van der Waals surface area contributed by atoms with Crippen molar-refractivity contribution >= 4 is 6.47 Å². The van der Waals surface area contributed by atoms with Crippen molar-refractivity contribution in [3.63, 3.8) is 0 Å². The first-order valence-corrected chi connectivity index (χ1v) is 5.82. The molecule has 0 amide bonds. The van der Waals surface area contributed by atoms with Crippen molar-refractivity contribution in [2.45, 2.75) is 46.6 Å². The van der Waals surface area contributed by atoms with Gasteiger partial charge in [-0.15, -0.1) is 0 Å². The Balaban J connectivity index is 0.000000770. The van der Waals surface area contributed by atoms with Crippen molar-refractivity contribution in [2.75, 3.05) is 0 Å². The van der Waals surface area contributed by atoms with Gasteiger partial charge in [-0.25, -0.2) is 9.13 Å². The number of rotatable bonds is 3. The lowest BCUT2D eigenvalue weighted by atomic mass is 9.72. The third-order valence-corrected chi connectivity index (χ3v) is 3.95. The summed E-state index contributed by atoms with van der Waals surface area (Å²) in [6, 6.07) is 0. The van der Waals surface area contributed by atoms with Crippen molar-refractivity contribution < 1.29 is 14.5 Å². The number of carbonyl (C=O) groups is 1. The average Bonchev–Trinajstić information content (AvgIpc) is 2.66. The third-order valence-electron chi connectivity index (χ3n) is 3.95. The summed E-state index contributed by atoms with van der Waals surface area (Å²) in [6.07, 6.45) is 7.57. The first-order valence-electron chi connectivity index (χ1n) is 5.82. The molecule has 1 heterocycles. The molecule has 1 rings (SSSR count). The Bertz CT molecular complexity index is 354. The average molecular weight is 240 g/mol. The molecule has 0 N–H and O–H groups in total. The fourth-order valence-electron chi connectivity index (χ4n) is 1.56. The van der Waals surface area contributed by atoms with E-state index in [-0.39, 0.29) is 5.54 Å². The van der Waals surface area contributed by atoms with Gasteiger partial charge in [0, 0.05) is 11.9 Å². The number of imidazole rings is 1. The SMILES string of the molecule is CCC(C)(C)C(C)(C)n1cc[n+](C)c1.O=C[O-]. The number of aryl methyl sites for hydroxylation is 1. The largest absolute Gasteiger partial charge is 0.554 e. The van der Waals surface area contributed by atoms with Crippen LogP contribution in [-0.4, -0.2) is 11.0 Å². The Morgan fingerprint density at radius 3 is 2.12 bits per heavy atom. The molecule has 4 heteroatoms. The van der Waals surface area contributed by atoms with E-state index in [9.17, 15) is 0 Å². The molecule has 0 saturated carbocycles. The van der Waals surface area contributed by atoms with Crippen molar-refractivity contribution in [2.24, 2.45) is 12.5 Å². The van der Waals surface area contributed by atoms with Crippen LogP contribution in [0.1, 0.15) is 41.0 Å². The first-order chi connectivity index (χ1) is 7.72. The lowest BCUT2D eigenvalue weighted by Crippen LogP contribution is -2.42. The molecule has 0 bridgehead atoms. The van der Waals surface area contributed by atoms with E-state index in [1.807, 2.05) is 0 Å². The summed E-state index contributed by atoms with van der Waals surface area (Å²) in [5.41, 5.74) is 0.460. The minimum absolute atomic E-state index is 0.156. The topological polar surface area (TPSA) is 48.9 Å². The van der Waals surface area contributed by atoms with E-state index in [4.69, 9.17) is 9.90 Å². The molecule has 4 nitrogen and oxygen atoms in total. The first kappa shape index (κ1) is 15.7. The molecule has 17 heavy (non-hydrogen) atoms. The maximum absolute atomic E-state index is 8.25. The predicted molar refractivity (Wildman–Crippen MR) is 65.1 cm³/mol. The Kier molecular flexibility index (Phi) is 5.39. The Hall–Kier alpha value is -1.32. The van der Waals surface area contributed by atoms with Crippen LogP contribution in [0.25, 0.3) is 0 Å².